The van der Waals surface area contributed by atoms with Crippen LogP contribution in [-0.4, -0.2) is 30.5 Å². The number of carbonyl (C=O) groups excluding carboxylic acids is 1. The molecule has 3 heteroatoms. The van der Waals surface area contributed by atoms with Crippen molar-refractivity contribution in [1.29, 1.82) is 0 Å². The van der Waals surface area contributed by atoms with Crippen molar-refractivity contribution >= 4 is 11.6 Å². The molecule has 3 nitrogen and oxygen atoms in total. The summed E-state index contributed by atoms with van der Waals surface area (Å²) in [5.74, 6) is 0.0587. The van der Waals surface area contributed by atoms with E-state index in [4.69, 9.17) is 0 Å². The van der Waals surface area contributed by atoms with Gasteiger partial charge >= 0.3 is 0 Å². The maximum atomic E-state index is 12.2. The Balaban J connectivity index is 2.44. The SMILES string of the molecule is C=C[N+](C)(C)C1Cc2ccccc2NC(=O)C1C. The number of nitrogens with zero attached hydrogens (tertiary/aromatic N) is 1. The van der Waals surface area contributed by atoms with E-state index in [9.17, 15) is 4.79 Å². The van der Waals surface area contributed by atoms with Crippen molar-refractivity contribution < 1.29 is 9.28 Å². The van der Waals surface area contributed by atoms with Crippen molar-refractivity contribution in [3.63, 3.8) is 0 Å². The van der Waals surface area contributed by atoms with Crippen LogP contribution in [0.2, 0.25) is 0 Å². The fourth-order valence-corrected chi connectivity index (χ4v) is 2.59. The van der Waals surface area contributed by atoms with E-state index in [1.54, 1.807) is 0 Å². The molecular weight excluding hydrogens is 224 g/mol. The fraction of sp³-hybridized carbons (Fsp3) is 0.400. The Hall–Kier alpha value is -1.61. The lowest BCUT2D eigenvalue weighted by atomic mass is 9.93. The molecule has 2 atom stereocenters. The summed E-state index contributed by atoms with van der Waals surface area (Å²) in [5, 5.41) is 3.02. The molecule has 0 fully saturated rings. The van der Waals surface area contributed by atoms with Gasteiger partial charge in [-0.3, -0.25) is 9.28 Å². The number of quaternary nitrogens is 1. The first kappa shape index (κ1) is 12.8. The highest BCUT2D eigenvalue weighted by Crippen LogP contribution is 2.29. The highest BCUT2D eigenvalue weighted by Gasteiger charge is 2.38. The van der Waals surface area contributed by atoms with Gasteiger partial charge in [-0.2, -0.15) is 0 Å². The quantitative estimate of drug-likeness (QED) is 0.797. The van der Waals surface area contributed by atoms with Crippen molar-refractivity contribution in [3.8, 4) is 0 Å². The van der Waals surface area contributed by atoms with Crippen molar-refractivity contribution in [3.05, 3.63) is 42.6 Å². The van der Waals surface area contributed by atoms with Crippen LogP contribution in [-0.2, 0) is 11.2 Å². The minimum atomic E-state index is -0.0367. The molecule has 0 aliphatic carbocycles. The van der Waals surface area contributed by atoms with Gasteiger partial charge in [0.1, 0.15) is 6.04 Å². The number of benzene rings is 1. The Morgan fingerprint density at radius 2 is 2.06 bits per heavy atom. The molecule has 1 aromatic rings. The van der Waals surface area contributed by atoms with Crippen LogP contribution in [0.4, 0.5) is 5.69 Å². The second-order valence-electron chi connectivity index (χ2n) is 5.52. The van der Waals surface area contributed by atoms with E-state index >= 15 is 0 Å². The van der Waals surface area contributed by atoms with E-state index in [-0.39, 0.29) is 17.9 Å². The summed E-state index contributed by atoms with van der Waals surface area (Å²) in [6.07, 6.45) is 2.79. The molecule has 0 bridgehead atoms. The van der Waals surface area contributed by atoms with Crippen molar-refractivity contribution in [2.45, 2.75) is 19.4 Å². The molecule has 0 saturated carbocycles. The van der Waals surface area contributed by atoms with Crippen LogP contribution >= 0.6 is 0 Å². The normalized spacial score (nSPS) is 23.8. The van der Waals surface area contributed by atoms with Gasteiger partial charge in [-0.1, -0.05) is 18.2 Å². The van der Waals surface area contributed by atoms with Crippen LogP contribution in [0.25, 0.3) is 0 Å². The Bertz CT molecular complexity index is 479. The number of amides is 1. The molecule has 1 heterocycles. The molecule has 1 aromatic carbocycles. The molecule has 1 aliphatic heterocycles. The lowest BCUT2D eigenvalue weighted by Gasteiger charge is -2.36. The molecule has 0 aromatic heterocycles. The highest BCUT2D eigenvalue weighted by molar-refractivity contribution is 5.94. The second-order valence-corrected chi connectivity index (χ2v) is 5.52. The predicted octanol–water partition coefficient (Wildman–Crippen LogP) is 2.41. The predicted molar refractivity (Wildman–Crippen MR) is 74.0 cm³/mol. The average Bonchev–Trinajstić information content (AvgIpc) is 2.48. The van der Waals surface area contributed by atoms with Crippen LogP contribution < -0.4 is 5.32 Å². The summed E-state index contributed by atoms with van der Waals surface area (Å²) in [7, 11) is 4.19. The fourth-order valence-electron chi connectivity index (χ4n) is 2.59. The van der Waals surface area contributed by atoms with Crippen LogP contribution in [0.1, 0.15) is 12.5 Å². The highest BCUT2D eigenvalue weighted by atomic mass is 16.2. The summed E-state index contributed by atoms with van der Waals surface area (Å²) in [5.41, 5.74) is 2.15. The maximum absolute atomic E-state index is 12.2. The van der Waals surface area contributed by atoms with Crippen LogP contribution in [0.3, 0.4) is 0 Å². The minimum Gasteiger partial charge on any atom is -0.325 e. The standard InChI is InChI=1S/C15H20N2O/c1-5-17(3,4)14-10-12-8-6-7-9-13(12)16-15(18)11(14)2/h5-9,11,14H,1,10H2,2-4H3/p+1. The molecule has 1 amide bonds. The number of hydrogen-bond donors (Lipinski definition) is 1. The van der Waals surface area contributed by atoms with E-state index in [2.05, 4.69) is 32.1 Å². The van der Waals surface area contributed by atoms with Gasteiger partial charge in [-0.25, -0.2) is 0 Å². The summed E-state index contributed by atoms with van der Waals surface area (Å²) in [6, 6.07) is 8.25. The second kappa shape index (κ2) is 4.58. The Morgan fingerprint density at radius 3 is 2.72 bits per heavy atom. The number of likely N-dealkylation sites (N-methyl/N-ethyl adjacent to an activating group) is 1. The molecule has 1 N–H and O–H groups in total. The molecule has 0 radical (unpaired) electrons. The van der Waals surface area contributed by atoms with E-state index in [0.717, 1.165) is 12.1 Å². The Kier molecular flexibility index (Phi) is 3.26. The topological polar surface area (TPSA) is 29.1 Å². The van der Waals surface area contributed by atoms with Gasteiger partial charge < -0.3 is 5.32 Å². The maximum Gasteiger partial charge on any atom is 0.233 e. The number of rotatable bonds is 2. The molecule has 0 saturated heterocycles. The smallest absolute Gasteiger partial charge is 0.233 e. The first-order valence-corrected chi connectivity index (χ1v) is 6.31. The zero-order valence-corrected chi connectivity index (χ0v) is 11.3. The average molecular weight is 245 g/mol. The number of para-hydroxylation sites is 1. The minimum absolute atomic E-state index is 0.0367. The van der Waals surface area contributed by atoms with Crippen molar-refractivity contribution in [2.24, 2.45) is 5.92 Å². The first-order chi connectivity index (χ1) is 8.45. The Labute approximate surface area is 109 Å². The van der Waals surface area contributed by atoms with Crippen LogP contribution in [0.5, 0.6) is 0 Å². The van der Waals surface area contributed by atoms with Crippen LogP contribution in [0.15, 0.2) is 37.0 Å². The molecule has 2 rings (SSSR count). The number of anilines is 1. The van der Waals surface area contributed by atoms with E-state index in [1.165, 1.54) is 5.56 Å². The van der Waals surface area contributed by atoms with Gasteiger partial charge in [0, 0.05) is 12.1 Å². The molecule has 1 aliphatic rings. The van der Waals surface area contributed by atoms with Gasteiger partial charge in [-0.05, 0) is 25.1 Å². The molecule has 2 unspecified atom stereocenters. The summed E-state index contributed by atoms with van der Waals surface area (Å²) >= 11 is 0. The number of carbonyl (C=O) groups is 1. The first-order valence-electron chi connectivity index (χ1n) is 6.31. The van der Waals surface area contributed by atoms with E-state index in [0.29, 0.717) is 4.48 Å². The van der Waals surface area contributed by atoms with Gasteiger partial charge in [0.15, 0.2) is 0 Å². The molecular formula is C15H21N2O+. The Morgan fingerprint density at radius 1 is 1.39 bits per heavy atom. The number of nitrogens with one attached hydrogen (secondary N) is 1. The van der Waals surface area contributed by atoms with Gasteiger partial charge in [0.2, 0.25) is 5.91 Å². The molecule has 96 valence electrons. The lowest BCUT2D eigenvalue weighted by molar-refractivity contribution is -0.868. The monoisotopic (exact) mass is 245 g/mol. The zero-order chi connectivity index (χ0) is 13.3. The summed E-state index contributed by atoms with van der Waals surface area (Å²) in [4.78, 5) is 12.2. The van der Waals surface area contributed by atoms with Crippen molar-refractivity contribution in [1.82, 2.24) is 0 Å². The van der Waals surface area contributed by atoms with E-state index in [1.807, 2.05) is 31.3 Å². The number of fused-ring (bicyclic) bond motifs is 1. The van der Waals surface area contributed by atoms with Crippen molar-refractivity contribution in [2.75, 3.05) is 19.4 Å². The number of hydrogen-bond acceptors (Lipinski definition) is 1. The molecule has 18 heavy (non-hydrogen) atoms. The van der Waals surface area contributed by atoms with Gasteiger partial charge in [-0.15, -0.1) is 0 Å². The molecule has 0 spiro atoms. The third kappa shape index (κ3) is 2.18. The van der Waals surface area contributed by atoms with Gasteiger partial charge in [0.25, 0.3) is 0 Å². The van der Waals surface area contributed by atoms with E-state index < -0.39 is 0 Å². The largest absolute Gasteiger partial charge is 0.325 e. The van der Waals surface area contributed by atoms with Gasteiger partial charge in [0.05, 0.1) is 26.2 Å². The lowest BCUT2D eigenvalue weighted by Crippen LogP contribution is -2.50. The third-order valence-corrected chi connectivity index (χ3v) is 4.02. The van der Waals surface area contributed by atoms with Crippen LogP contribution in [0, 0.1) is 5.92 Å². The summed E-state index contributed by atoms with van der Waals surface area (Å²) < 4.78 is 0.642. The zero-order valence-electron chi connectivity index (χ0n) is 11.3. The summed E-state index contributed by atoms with van der Waals surface area (Å²) in [6.45, 7) is 5.89. The third-order valence-electron chi connectivity index (χ3n) is 4.02.